The van der Waals surface area contributed by atoms with E-state index < -0.39 is 11.6 Å². The standard InChI is InChI=1S/C16H11Cl2F2N5/c17-10-5-8(1-3-12(10)19)24-15-14(21)16(23-7-22-15)25-9-2-4-13(20)11(18)6-9/h1-7H,21H2,(H2,22,23,24,25). The number of benzene rings is 2. The number of rotatable bonds is 4. The molecule has 1 aromatic heterocycles. The molecule has 0 radical (unpaired) electrons. The maximum absolute atomic E-state index is 13.2. The van der Waals surface area contributed by atoms with Crippen molar-refractivity contribution in [3.8, 4) is 0 Å². The van der Waals surface area contributed by atoms with Crippen LogP contribution in [0.5, 0.6) is 0 Å². The van der Waals surface area contributed by atoms with Gasteiger partial charge in [-0.15, -0.1) is 0 Å². The van der Waals surface area contributed by atoms with Gasteiger partial charge in [0, 0.05) is 11.4 Å². The van der Waals surface area contributed by atoms with E-state index in [4.69, 9.17) is 28.9 Å². The van der Waals surface area contributed by atoms with Crippen LogP contribution in [0.3, 0.4) is 0 Å². The van der Waals surface area contributed by atoms with Crippen LogP contribution in [0.15, 0.2) is 42.7 Å². The largest absolute Gasteiger partial charge is 0.393 e. The van der Waals surface area contributed by atoms with Gasteiger partial charge in [0.15, 0.2) is 11.6 Å². The van der Waals surface area contributed by atoms with Crippen molar-refractivity contribution in [3.63, 3.8) is 0 Å². The van der Waals surface area contributed by atoms with Crippen LogP contribution in [0.4, 0.5) is 37.5 Å². The highest BCUT2D eigenvalue weighted by Gasteiger charge is 2.10. The van der Waals surface area contributed by atoms with Crippen molar-refractivity contribution in [1.29, 1.82) is 0 Å². The van der Waals surface area contributed by atoms with E-state index in [2.05, 4.69) is 20.6 Å². The number of aromatic nitrogens is 2. The Labute approximate surface area is 151 Å². The third-order valence-corrected chi connectivity index (χ3v) is 3.83. The summed E-state index contributed by atoms with van der Waals surface area (Å²) in [4.78, 5) is 8.10. The van der Waals surface area contributed by atoms with Gasteiger partial charge >= 0.3 is 0 Å². The zero-order valence-corrected chi connectivity index (χ0v) is 14.0. The van der Waals surface area contributed by atoms with Crippen LogP contribution in [0.25, 0.3) is 0 Å². The summed E-state index contributed by atoms with van der Waals surface area (Å²) in [6, 6.07) is 8.26. The van der Waals surface area contributed by atoms with E-state index in [9.17, 15) is 8.78 Å². The van der Waals surface area contributed by atoms with Gasteiger partial charge in [0.05, 0.1) is 10.0 Å². The SMILES string of the molecule is Nc1c(Nc2ccc(F)c(Cl)c2)ncnc1Nc1ccc(F)c(Cl)c1. The molecule has 0 fully saturated rings. The third-order valence-electron chi connectivity index (χ3n) is 3.25. The van der Waals surface area contributed by atoms with E-state index >= 15 is 0 Å². The maximum Gasteiger partial charge on any atom is 0.159 e. The van der Waals surface area contributed by atoms with Crippen molar-refractivity contribution in [1.82, 2.24) is 9.97 Å². The number of nitrogens with zero attached hydrogens (tertiary/aromatic N) is 2. The molecule has 1 heterocycles. The molecule has 9 heteroatoms. The molecule has 0 unspecified atom stereocenters. The van der Waals surface area contributed by atoms with E-state index in [-0.39, 0.29) is 15.7 Å². The van der Waals surface area contributed by atoms with Gasteiger partial charge in [-0.3, -0.25) is 0 Å². The van der Waals surface area contributed by atoms with Crippen molar-refractivity contribution >= 4 is 51.9 Å². The van der Waals surface area contributed by atoms with E-state index in [0.717, 1.165) is 0 Å². The lowest BCUT2D eigenvalue weighted by atomic mass is 10.3. The van der Waals surface area contributed by atoms with Crippen molar-refractivity contribution in [2.75, 3.05) is 16.4 Å². The van der Waals surface area contributed by atoms with Gasteiger partial charge in [-0.1, -0.05) is 23.2 Å². The molecule has 0 bridgehead atoms. The summed E-state index contributed by atoms with van der Waals surface area (Å²) in [7, 11) is 0. The summed E-state index contributed by atoms with van der Waals surface area (Å²) >= 11 is 11.5. The summed E-state index contributed by atoms with van der Waals surface area (Å²) in [5.74, 6) is -0.460. The smallest absolute Gasteiger partial charge is 0.159 e. The minimum absolute atomic E-state index is 0.0306. The van der Waals surface area contributed by atoms with Gasteiger partial charge in [-0.2, -0.15) is 0 Å². The zero-order chi connectivity index (χ0) is 18.0. The molecule has 3 rings (SSSR count). The predicted octanol–water partition coefficient (Wildman–Crippen LogP) is 5.13. The fourth-order valence-corrected chi connectivity index (χ4v) is 2.38. The second-order valence-corrected chi connectivity index (χ2v) is 5.81. The molecule has 0 saturated heterocycles. The summed E-state index contributed by atoms with van der Waals surface area (Å²) < 4.78 is 26.5. The highest BCUT2D eigenvalue weighted by atomic mass is 35.5. The fraction of sp³-hybridized carbons (Fsp3) is 0. The molecule has 3 aromatic rings. The van der Waals surface area contributed by atoms with E-state index in [1.54, 1.807) is 0 Å². The number of hydrogen-bond acceptors (Lipinski definition) is 5. The van der Waals surface area contributed by atoms with Gasteiger partial charge in [0.1, 0.15) is 23.6 Å². The Morgan fingerprint density at radius 2 is 1.24 bits per heavy atom. The topological polar surface area (TPSA) is 75.9 Å². The van der Waals surface area contributed by atoms with Crippen LogP contribution >= 0.6 is 23.2 Å². The summed E-state index contributed by atoms with van der Waals surface area (Å²) in [6.07, 6.45) is 1.29. The molecule has 0 aliphatic carbocycles. The number of nitrogens with one attached hydrogen (secondary N) is 2. The predicted molar refractivity (Wildman–Crippen MR) is 95.8 cm³/mol. The van der Waals surface area contributed by atoms with Crippen LogP contribution in [0.1, 0.15) is 0 Å². The van der Waals surface area contributed by atoms with Crippen molar-refractivity contribution in [2.45, 2.75) is 0 Å². The molecule has 0 spiro atoms. The third kappa shape index (κ3) is 3.89. The summed E-state index contributed by atoms with van der Waals surface area (Å²) in [6.45, 7) is 0. The van der Waals surface area contributed by atoms with E-state index in [1.807, 2.05) is 0 Å². The lowest BCUT2D eigenvalue weighted by molar-refractivity contribution is 0.628. The van der Waals surface area contributed by atoms with Gasteiger partial charge in [0.2, 0.25) is 0 Å². The molecule has 0 aliphatic heterocycles. The number of halogens is 4. The monoisotopic (exact) mass is 381 g/mol. The number of nitrogen functional groups attached to an aromatic ring is 1. The first-order chi connectivity index (χ1) is 11.9. The second kappa shape index (κ2) is 7.08. The number of hydrogen-bond donors (Lipinski definition) is 3. The first-order valence-corrected chi connectivity index (χ1v) is 7.74. The molecule has 2 aromatic carbocycles. The fourth-order valence-electron chi connectivity index (χ4n) is 2.02. The molecule has 128 valence electrons. The number of anilines is 5. The second-order valence-electron chi connectivity index (χ2n) is 4.99. The molecule has 5 nitrogen and oxygen atoms in total. The molecule has 0 saturated carbocycles. The Kier molecular flexibility index (Phi) is 4.87. The maximum atomic E-state index is 13.2. The first kappa shape index (κ1) is 17.2. The van der Waals surface area contributed by atoms with Crippen LogP contribution in [-0.2, 0) is 0 Å². The highest BCUT2D eigenvalue weighted by molar-refractivity contribution is 6.31. The zero-order valence-electron chi connectivity index (χ0n) is 12.5. The van der Waals surface area contributed by atoms with Crippen LogP contribution in [0.2, 0.25) is 10.0 Å². The Hall–Kier alpha value is -2.64. The highest BCUT2D eigenvalue weighted by Crippen LogP contribution is 2.30. The minimum atomic E-state index is -0.529. The summed E-state index contributed by atoms with van der Waals surface area (Å²) in [5, 5.41) is 5.81. The minimum Gasteiger partial charge on any atom is -0.393 e. The van der Waals surface area contributed by atoms with Crippen LogP contribution < -0.4 is 16.4 Å². The Bertz CT molecular complexity index is 865. The molecule has 25 heavy (non-hydrogen) atoms. The Morgan fingerprint density at radius 3 is 1.64 bits per heavy atom. The average Bonchev–Trinajstić information content (AvgIpc) is 2.58. The van der Waals surface area contributed by atoms with Crippen molar-refractivity contribution < 1.29 is 8.78 Å². The van der Waals surface area contributed by atoms with Crippen LogP contribution in [0, 0.1) is 11.6 Å². The van der Waals surface area contributed by atoms with Crippen molar-refractivity contribution in [2.24, 2.45) is 0 Å². The van der Waals surface area contributed by atoms with E-state index in [1.165, 1.54) is 42.7 Å². The molecule has 4 N–H and O–H groups in total. The van der Waals surface area contributed by atoms with Crippen LogP contribution in [-0.4, -0.2) is 9.97 Å². The molecule has 0 amide bonds. The Morgan fingerprint density at radius 1 is 0.800 bits per heavy atom. The quantitative estimate of drug-likeness (QED) is 0.583. The van der Waals surface area contributed by atoms with E-state index in [0.29, 0.717) is 23.0 Å². The lowest BCUT2D eigenvalue weighted by Gasteiger charge is -2.13. The summed E-state index contributed by atoms with van der Waals surface area (Å²) in [5.41, 5.74) is 7.28. The molecule has 0 atom stereocenters. The van der Waals surface area contributed by atoms with Gasteiger partial charge in [-0.05, 0) is 36.4 Å². The molecular weight excluding hydrogens is 371 g/mol. The first-order valence-electron chi connectivity index (χ1n) is 6.98. The van der Waals surface area contributed by atoms with Gasteiger partial charge < -0.3 is 16.4 Å². The van der Waals surface area contributed by atoms with Gasteiger partial charge in [0.25, 0.3) is 0 Å². The molecular formula is C16H11Cl2F2N5. The Balaban J connectivity index is 1.86. The van der Waals surface area contributed by atoms with Crippen molar-refractivity contribution in [3.05, 3.63) is 64.4 Å². The number of nitrogens with two attached hydrogens (primary N) is 1. The lowest BCUT2D eigenvalue weighted by Crippen LogP contribution is -2.05. The van der Waals surface area contributed by atoms with Gasteiger partial charge in [-0.25, -0.2) is 18.7 Å². The average molecular weight is 382 g/mol. The normalized spacial score (nSPS) is 10.6. The molecule has 0 aliphatic rings.